The molecule has 0 aliphatic rings. The minimum atomic E-state index is -0.346. The van der Waals surface area contributed by atoms with Gasteiger partial charge < -0.3 is 4.57 Å². The Kier molecular flexibility index (Phi) is 5.45. The summed E-state index contributed by atoms with van der Waals surface area (Å²) in [5.74, 6) is 1.39. The van der Waals surface area contributed by atoms with Crippen molar-refractivity contribution in [1.29, 1.82) is 0 Å². The first-order chi connectivity index (χ1) is 12.2. The summed E-state index contributed by atoms with van der Waals surface area (Å²) in [5.41, 5.74) is 2.01. The van der Waals surface area contributed by atoms with Gasteiger partial charge in [-0.3, -0.25) is 10.1 Å². The van der Waals surface area contributed by atoms with Crippen LogP contribution in [0, 0.1) is 10.1 Å². The molecule has 3 aromatic rings. The van der Waals surface area contributed by atoms with Crippen LogP contribution in [0.2, 0.25) is 0 Å². The van der Waals surface area contributed by atoms with Gasteiger partial charge in [-0.25, -0.2) is 0 Å². The zero-order valence-corrected chi connectivity index (χ0v) is 14.6. The standard InChI is InChI=1S/C18H18N4O2S/c1-2-21-17(12-14-8-4-3-5-9-14)19-20-18(21)25-13-15-10-6-7-11-16(15)22(23)24/h3-11H,2,12-13H2,1H3. The smallest absolute Gasteiger partial charge is 0.273 e. The van der Waals surface area contributed by atoms with Crippen LogP contribution in [0.3, 0.4) is 0 Å². The Morgan fingerprint density at radius 2 is 1.80 bits per heavy atom. The van der Waals surface area contributed by atoms with E-state index < -0.39 is 0 Å². The van der Waals surface area contributed by atoms with Gasteiger partial charge in [0.15, 0.2) is 5.16 Å². The summed E-state index contributed by atoms with van der Waals surface area (Å²) in [5, 5.41) is 20.5. The fraction of sp³-hybridized carbons (Fsp3) is 0.222. The Morgan fingerprint density at radius 1 is 1.08 bits per heavy atom. The lowest BCUT2D eigenvalue weighted by atomic mass is 10.1. The lowest BCUT2D eigenvalue weighted by Crippen LogP contribution is -2.04. The molecule has 6 nitrogen and oxygen atoms in total. The van der Waals surface area contributed by atoms with Gasteiger partial charge in [-0.15, -0.1) is 10.2 Å². The average Bonchev–Trinajstić information content (AvgIpc) is 3.02. The molecule has 25 heavy (non-hydrogen) atoms. The maximum atomic E-state index is 11.1. The van der Waals surface area contributed by atoms with Gasteiger partial charge in [-0.1, -0.05) is 60.3 Å². The Bertz CT molecular complexity index is 865. The highest BCUT2D eigenvalue weighted by atomic mass is 32.2. The Hall–Kier alpha value is -2.67. The number of aromatic nitrogens is 3. The summed E-state index contributed by atoms with van der Waals surface area (Å²) in [4.78, 5) is 10.8. The number of nitro benzene ring substituents is 1. The second-order valence-electron chi connectivity index (χ2n) is 5.48. The molecule has 0 fully saturated rings. The van der Waals surface area contributed by atoms with Crippen LogP contribution in [0.4, 0.5) is 5.69 Å². The van der Waals surface area contributed by atoms with Gasteiger partial charge >= 0.3 is 0 Å². The van der Waals surface area contributed by atoms with Crippen molar-refractivity contribution in [3.05, 3.63) is 81.7 Å². The van der Waals surface area contributed by atoms with Crippen LogP contribution in [0.5, 0.6) is 0 Å². The molecule has 0 bridgehead atoms. The number of rotatable bonds is 7. The van der Waals surface area contributed by atoms with Gasteiger partial charge in [0.25, 0.3) is 5.69 Å². The fourth-order valence-corrected chi connectivity index (χ4v) is 3.62. The summed E-state index contributed by atoms with van der Waals surface area (Å²) < 4.78 is 2.06. The number of nitro groups is 1. The summed E-state index contributed by atoms with van der Waals surface area (Å²) in [6, 6.07) is 16.9. The predicted molar refractivity (Wildman–Crippen MR) is 97.6 cm³/mol. The topological polar surface area (TPSA) is 73.8 Å². The first kappa shape index (κ1) is 17.2. The van der Waals surface area contributed by atoms with Crippen molar-refractivity contribution in [2.75, 3.05) is 0 Å². The van der Waals surface area contributed by atoms with E-state index in [-0.39, 0.29) is 10.6 Å². The van der Waals surface area contributed by atoms with Crippen molar-refractivity contribution >= 4 is 17.4 Å². The van der Waals surface area contributed by atoms with E-state index in [4.69, 9.17) is 0 Å². The minimum Gasteiger partial charge on any atom is -0.306 e. The quantitative estimate of drug-likeness (QED) is 0.363. The molecule has 0 unspecified atom stereocenters. The predicted octanol–water partition coefficient (Wildman–Crippen LogP) is 4.09. The van der Waals surface area contributed by atoms with Crippen LogP contribution in [0.25, 0.3) is 0 Å². The zero-order valence-electron chi connectivity index (χ0n) is 13.8. The zero-order chi connectivity index (χ0) is 17.6. The number of para-hydroxylation sites is 1. The van der Waals surface area contributed by atoms with Crippen LogP contribution in [-0.4, -0.2) is 19.7 Å². The molecule has 128 valence electrons. The molecule has 1 heterocycles. The lowest BCUT2D eigenvalue weighted by molar-refractivity contribution is -0.385. The van der Waals surface area contributed by atoms with E-state index >= 15 is 0 Å². The van der Waals surface area contributed by atoms with E-state index in [0.29, 0.717) is 17.7 Å². The van der Waals surface area contributed by atoms with Gasteiger partial charge in [-0.2, -0.15) is 0 Å². The first-order valence-electron chi connectivity index (χ1n) is 8.00. The third kappa shape index (κ3) is 4.06. The molecule has 0 amide bonds. The van der Waals surface area contributed by atoms with E-state index in [1.165, 1.54) is 23.4 Å². The number of hydrogen-bond acceptors (Lipinski definition) is 5. The third-order valence-electron chi connectivity index (χ3n) is 3.86. The lowest BCUT2D eigenvalue weighted by Gasteiger charge is -2.07. The molecule has 0 N–H and O–H groups in total. The van der Waals surface area contributed by atoms with E-state index in [1.54, 1.807) is 12.1 Å². The summed E-state index contributed by atoms with van der Waals surface area (Å²) >= 11 is 1.47. The SMILES string of the molecule is CCn1c(Cc2ccccc2)nnc1SCc1ccccc1[N+](=O)[O-]. The molecular weight excluding hydrogens is 336 g/mol. The Balaban J connectivity index is 1.77. The van der Waals surface area contributed by atoms with Crippen molar-refractivity contribution in [2.24, 2.45) is 0 Å². The molecule has 0 saturated heterocycles. The number of nitrogens with zero attached hydrogens (tertiary/aromatic N) is 4. The highest BCUT2D eigenvalue weighted by Gasteiger charge is 2.16. The monoisotopic (exact) mass is 354 g/mol. The molecule has 2 aromatic carbocycles. The van der Waals surface area contributed by atoms with Crippen LogP contribution < -0.4 is 0 Å². The van der Waals surface area contributed by atoms with Crippen molar-refractivity contribution in [3.8, 4) is 0 Å². The summed E-state index contributed by atoms with van der Waals surface area (Å²) in [6.07, 6.45) is 0.716. The number of thioether (sulfide) groups is 1. The molecule has 7 heteroatoms. The Labute approximate surface area is 150 Å². The molecule has 0 spiro atoms. The second-order valence-corrected chi connectivity index (χ2v) is 6.42. The molecular formula is C18H18N4O2S. The van der Waals surface area contributed by atoms with Crippen LogP contribution in [0.15, 0.2) is 59.8 Å². The fourth-order valence-electron chi connectivity index (χ4n) is 2.61. The Morgan fingerprint density at radius 3 is 2.52 bits per heavy atom. The van der Waals surface area contributed by atoms with E-state index in [2.05, 4.69) is 26.9 Å². The summed E-state index contributed by atoms with van der Waals surface area (Å²) in [6.45, 7) is 2.81. The molecule has 1 aromatic heterocycles. The molecule has 3 rings (SSSR count). The third-order valence-corrected chi connectivity index (χ3v) is 4.88. The summed E-state index contributed by atoms with van der Waals surface area (Å²) in [7, 11) is 0. The van der Waals surface area contributed by atoms with Crippen molar-refractivity contribution in [3.63, 3.8) is 0 Å². The van der Waals surface area contributed by atoms with Crippen molar-refractivity contribution < 1.29 is 4.92 Å². The number of benzene rings is 2. The normalized spacial score (nSPS) is 10.8. The molecule has 0 atom stereocenters. The number of hydrogen-bond donors (Lipinski definition) is 0. The average molecular weight is 354 g/mol. The van der Waals surface area contributed by atoms with Gasteiger partial charge in [0.1, 0.15) is 5.82 Å². The van der Waals surface area contributed by atoms with Gasteiger partial charge in [-0.05, 0) is 12.5 Å². The second kappa shape index (κ2) is 7.94. The van der Waals surface area contributed by atoms with Gasteiger partial charge in [0, 0.05) is 30.3 Å². The van der Waals surface area contributed by atoms with Crippen molar-refractivity contribution in [1.82, 2.24) is 14.8 Å². The molecule has 0 radical (unpaired) electrons. The molecule has 0 aliphatic carbocycles. The van der Waals surface area contributed by atoms with Crippen LogP contribution in [0.1, 0.15) is 23.9 Å². The molecule has 0 aliphatic heterocycles. The highest BCUT2D eigenvalue weighted by molar-refractivity contribution is 7.98. The van der Waals surface area contributed by atoms with E-state index in [9.17, 15) is 10.1 Å². The van der Waals surface area contributed by atoms with Gasteiger partial charge in [0.05, 0.1) is 4.92 Å². The van der Waals surface area contributed by atoms with Gasteiger partial charge in [0.2, 0.25) is 0 Å². The van der Waals surface area contributed by atoms with E-state index in [0.717, 1.165) is 17.5 Å². The molecule has 0 saturated carbocycles. The maximum Gasteiger partial charge on any atom is 0.273 e. The largest absolute Gasteiger partial charge is 0.306 e. The van der Waals surface area contributed by atoms with Crippen LogP contribution in [-0.2, 0) is 18.7 Å². The maximum absolute atomic E-state index is 11.1. The van der Waals surface area contributed by atoms with E-state index in [1.807, 2.05) is 31.2 Å². The van der Waals surface area contributed by atoms with Crippen molar-refractivity contribution in [2.45, 2.75) is 30.8 Å². The van der Waals surface area contributed by atoms with Crippen LogP contribution >= 0.6 is 11.8 Å². The minimum absolute atomic E-state index is 0.141. The highest BCUT2D eigenvalue weighted by Crippen LogP contribution is 2.27. The first-order valence-corrected chi connectivity index (χ1v) is 8.98.